The molecule has 0 aromatic heterocycles. The van der Waals surface area contributed by atoms with Crippen LogP contribution in [0, 0.1) is 0 Å². The van der Waals surface area contributed by atoms with Crippen LogP contribution in [0.15, 0.2) is 30.3 Å². The van der Waals surface area contributed by atoms with E-state index in [-0.39, 0.29) is 5.97 Å². The molecule has 0 N–H and O–H groups in total. The number of benzene rings is 2. The molecule has 0 fully saturated rings. The van der Waals surface area contributed by atoms with Gasteiger partial charge in [0, 0.05) is 15.2 Å². The molecule has 0 amide bonds. The van der Waals surface area contributed by atoms with Crippen molar-refractivity contribution in [1.29, 1.82) is 0 Å². The largest absolute Gasteiger partial charge is 0.462 e. The Morgan fingerprint density at radius 3 is 1.87 bits per heavy atom. The Bertz CT molecular complexity index is 946. The van der Waals surface area contributed by atoms with Crippen LogP contribution < -0.4 is 0 Å². The van der Waals surface area contributed by atoms with Gasteiger partial charge in [-0.2, -0.15) is 0 Å². The topological polar surface area (TPSA) is 26.3 Å². The second-order valence-electron chi connectivity index (χ2n) is 10.4. The summed E-state index contributed by atoms with van der Waals surface area (Å²) in [6.45, 7) is 17.2. The van der Waals surface area contributed by atoms with E-state index in [1.165, 1.54) is 28.8 Å². The minimum atomic E-state index is -1.36. The van der Waals surface area contributed by atoms with E-state index in [0.29, 0.717) is 6.61 Å². The maximum Gasteiger partial charge on any atom is 0.339 e. The normalized spacial score (nSPS) is 16.6. The zero-order valence-corrected chi connectivity index (χ0v) is 22.7. The van der Waals surface area contributed by atoms with E-state index in [9.17, 15) is 4.79 Å². The van der Waals surface area contributed by atoms with Crippen LogP contribution >= 0.6 is 0 Å². The second-order valence-corrected chi connectivity index (χ2v) is 26.7. The Balaban J connectivity index is 2.46. The van der Waals surface area contributed by atoms with E-state index >= 15 is 0 Å². The molecule has 3 rings (SSSR count). The summed E-state index contributed by atoms with van der Waals surface area (Å²) in [4.78, 5) is 13.5. The molecule has 1 heterocycles. The van der Waals surface area contributed by atoms with Crippen molar-refractivity contribution in [2.45, 2.75) is 84.7 Å². The van der Waals surface area contributed by atoms with Crippen LogP contribution in [0.1, 0.15) is 66.2 Å². The first-order valence-corrected chi connectivity index (χ1v) is 19.5. The maximum absolute atomic E-state index is 13.5. The van der Waals surface area contributed by atoms with Crippen molar-refractivity contribution in [3.05, 3.63) is 58.1 Å². The molecule has 0 atom stereocenters. The fraction of sp³-hybridized carbons (Fsp3) is 0.519. The molecule has 1 aliphatic heterocycles. The lowest BCUT2D eigenvalue weighted by atomic mass is 9.81. The highest BCUT2D eigenvalue weighted by Gasteiger charge is 2.46. The molecule has 0 saturated carbocycles. The van der Waals surface area contributed by atoms with E-state index in [4.69, 9.17) is 4.74 Å². The van der Waals surface area contributed by atoms with Gasteiger partial charge >= 0.3 is 5.97 Å². The molecule has 0 radical (unpaired) electrons. The third-order valence-electron chi connectivity index (χ3n) is 7.56. The minimum Gasteiger partial charge on any atom is -0.462 e. The third kappa shape index (κ3) is 4.47. The summed E-state index contributed by atoms with van der Waals surface area (Å²) in [5.74, 6) is -0.133. The summed E-state index contributed by atoms with van der Waals surface area (Å²) in [5, 5.41) is 0. The molecule has 31 heavy (non-hydrogen) atoms. The Labute approximate surface area is 191 Å². The third-order valence-corrected chi connectivity index (χ3v) is 25.8. The lowest BCUT2D eigenvalue weighted by molar-refractivity contribution is 0.0525. The quantitative estimate of drug-likeness (QED) is 0.330. The van der Waals surface area contributed by atoms with Crippen LogP contribution in [0.25, 0.3) is 11.1 Å². The van der Waals surface area contributed by atoms with E-state index < -0.39 is 15.2 Å². The molecule has 2 aromatic carbocycles. The van der Waals surface area contributed by atoms with Gasteiger partial charge in [0.25, 0.3) is 0 Å². The van der Waals surface area contributed by atoms with Crippen LogP contribution in [0.2, 0.25) is 26.2 Å². The fourth-order valence-corrected chi connectivity index (χ4v) is 12.7. The lowest BCUT2D eigenvalue weighted by Crippen LogP contribution is -2.61. The number of carbonyl (C=O) groups is 1. The van der Waals surface area contributed by atoms with Crippen LogP contribution in [0.3, 0.4) is 0 Å². The van der Waals surface area contributed by atoms with Gasteiger partial charge in [0.1, 0.15) is 0 Å². The summed E-state index contributed by atoms with van der Waals surface area (Å²) >= 11 is 0. The predicted molar refractivity (Wildman–Crippen MR) is 138 cm³/mol. The van der Waals surface area contributed by atoms with Crippen LogP contribution in [-0.4, -0.2) is 27.8 Å². The second kappa shape index (κ2) is 9.45. The zero-order chi connectivity index (χ0) is 22.8. The van der Waals surface area contributed by atoms with Crippen molar-refractivity contribution in [1.82, 2.24) is 0 Å². The van der Waals surface area contributed by atoms with E-state index in [1.807, 2.05) is 6.92 Å². The van der Waals surface area contributed by atoms with Crippen molar-refractivity contribution in [3.8, 4) is 11.1 Å². The summed E-state index contributed by atoms with van der Waals surface area (Å²) in [5.41, 5.74) is 9.03. The predicted octanol–water partition coefficient (Wildman–Crippen LogP) is 7.11. The van der Waals surface area contributed by atoms with Crippen molar-refractivity contribution in [3.63, 3.8) is 0 Å². The van der Waals surface area contributed by atoms with Gasteiger partial charge in [0.15, 0.2) is 0 Å². The number of fused-ring (bicyclic) bond motifs is 1. The molecule has 4 heteroatoms. The van der Waals surface area contributed by atoms with Gasteiger partial charge in [-0.25, -0.2) is 4.79 Å². The first-order valence-electron chi connectivity index (χ1n) is 12.1. The Morgan fingerprint density at radius 2 is 1.35 bits per heavy atom. The molecule has 2 aromatic rings. The number of carbonyl (C=O) groups excluding carboxylic acids is 1. The van der Waals surface area contributed by atoms with Gasteiger partial charge in [-0.1, -0.05) is 83.2 Å². The first-order chi connectivity index (χ1) is 14.7. The molecule has 1 aliphatic rings. The van der Waals surface area contributed by atoms with Crippen molar-refractivity contribution < 1.29 is 9.53 Å². The van der Waals surface area contributed by atoms with Gasteiger partial charge in [-0.15, -0.1) is 0 Å². The molecule has 2 nitrogen and oxygen atoms in total. The van der Waals surface area contributed by atoms with Gasteiger partial charge in [0.05, 0.1) is 12.2 Å². The molecule has 0 spiro atoms. The molecule has 0 bridgehead atoms. The fourth-order valence-electron chi connectivity index (χ4n) is 5.16. The maximum atomic E-state index is 13.5. The van der Waals surface area contributed by atoms with Gasteiger partial charge in [-0.3, -0.25) is 0 Å². The Kier molecular flexibility index (Phi) is 7.32. The van der Waals surface area contributed by atoms with Gasteiger partial charge in [0.2, 0.25) is 0 Å². The minimum absolute atomic E-state index is 0.133. The average molecular weight is 453 g/mol. The molecule has 168 valence electrons. The monoisotopic (exact) mass is 452 g/mol. The standard InChI is InChI=1S/C27H40O2Si2/c1-8-14-21-23-18-30(4,5)31(6,7)19-24(23)22(15-9-2)26(27(28)29-10-3)25(21)20-16-12-11-13-17-20/h11-13,16-17H,8-10,14-15,18-19H2,1-7H3. The number of ether oxygens (including phenoxy) is 1. The highest BCUT2D eigenvalue weighted by Crippen LogP contribution is 2.44. The molecular formula is C27H40O2Si2. The van der Waals surface area contributed by atoms with E-state index in [2.05, 4.69) is 70.4 Å². The van der Waals surface area contributed by atoms with Crippen LogP contribution in [0.5, 0.6) is 0 Å². The van der Waals surface area contributed by atoms with Gasteiger partial charge < -0.3 is 4.74 Å². The van der Waals surface area contributed by atoms with Crippen molar-refractivity contribution in [2.75, 3.05) is 6.61 Å². The lowest BCUT2D eigenvalue weighted by Gasteiger charge is -2.46. The van der Waals surface area contributed by atoms with Crippen LogP contribution in [0.4, 0.5) is 0 Å². The molecular weight excluding hydrogens is 412 g/mol. The van der Waals surface area contributed by atoms with Crippen molar-refractivity contribution >= 4 is 21.2 Å². The summed E-state index contributed by atoms with van der Waals surface area (Å²) < 4.78 is 5.68. The highest BCUT2D eigenvalue weighted by molar-refractivity contribution is 7.40. The average Bonchev–Trinajstić information content (AvgIpc) is 2.71. The van der Waals surface area contributed by atoms with Crippen LogP contribution in [-0.2, 0) is 29.7 Å². The number of esters is 1. The summed E-state index contributed by atoms with van der Waals surface area (Å²) in [7, 11) is -2.70. The Morgan fingerprint density at radius 1 is 0.839 bits per heavy atom. The van der Waals surface area contributed by atoms with Crippen molar-refractivity contribution in [2.24, 2.45) is 0 Å². The summed E-state index contributed by atoms with van der Waals surface area (Å²) in [6.07, 6.45) is 4.11. The number of hydrogen-bond donors (Lipinski definition) is 0. The molecule has 0 saturated heterocycles. The highest BCUT2D eigenvalue weighted by atomic mass is 29.3. The van der Waals surface area contributed by atoms with E-state index in [0.717, 1.165) is 42.4 Å². The number of hydrogen-bond acceptors (Lipinski definition) is 2. The molecule has 0 aliphatic carbocycles. The van der Waals surface area contributed by atoms with E-state index in [1.54, 1.807) is 5.56 Å². The first kappa shape index (κ1) is 24.0. The smallest absolute Gasteiger partial charge is 0.339 e. The SMILES string of the molecule is CCCc1c2c(c(CCC)c(-c3ccccc3)c1C(=O)OCC)C[Si](C)(C)[Si](C)(C)C2. The molecule has 0 unspecified atom stereocenters. The Hall–Kier alpha value is -1.66. The summed E-state index contributed by atoms with van der Waals surface area (Å²) in [6, 6.07) is 13.1. The van der Waals surface area contributed by atoms with Gasteiger partial charge in [-0.05, 0) is 65.2 Å². The number of rotatable bonds is 7. The zero-order valence-electron chi connectivity index (χ0n) is 20.7.